The van der Waals surface area contributed by atoms with Crippen LogP contribution in [0.1, 0.15) is 25.8 Å². The molecule has 0 spiro atoms. The minimum Gasteiger partial charge on any atom is -0.454 e. The van der Waals surface area contributed by atoms with Gasteiger partial charge < -0.3 is 14.8 Å². The van der Waals surface area contributed by atoms with Crippen molar-refractivity contribution in [2.75, 3.05) is 6.79 Å². The Balaban J connectivity index is 1.98. The van der Waals surface area contributed by atoms with Gasteiger partial charge in [-0.25, -0.2) is 0 Å². The third-order valence-corrected chi connectivity index (χ3v) is 2.82. The summed E-state index contributed by atoms with van der Waals surface area (Å²) < 4.78 is 10.5. The van der Waals surface area contributed by atoms with Gasteiger partial charge in [-0.15, -0.1) is 0 Å². The maximum absolute atomic E-state index is 11.6. The lowest BCUT2D eigenvalue weighted by Crippen LogP contribution is -2.30. The molecule has 1 atom stereocenters. The van der Waals surface area contributed by atoms with Gasteiger partial charge in [0.05, 0.1) is 0 Å². The van der Waals surface area contributed by atoms with E-state index in [1.165, 1.54) is 6.08 Å². The Kier molecular flexibility index (Phi) is 3.87. The van der Waals surface area contributed by atoms with Crippen LogP contribution in [0.2, 0.25) is 0 Å². The summed E-state index contributed by atoms with van der Waals surface area (Å²) in [6, 6.07) is 5.78. The van der Waals surface area contributed by atoms with Crippen molar-refractivity contribution in [3.8, 4) is 11.5 Å². The number of nitrogens with one attached hydrogen (secondary N) is 1. The van der Waals surface area contributed by atoms with Gasteiger partial charge in [0.25, 0.3) is 0 Å². The van der Waals surface area contributed by atoms with E-state index in [1.54, 1.807) is 6.08 Å². The van der Waals surface area contributed by atoms with E-state index in [9.17, 15) is 4.79 Å². The topological polar surface area (TPSA) is 47.6 Å². The van der Waals surface area contributed by atoms with Crippen LogP contribution >= 0.6 is 0 Å². The number of carbonyl (C=O) groups is 1. The number of fused-ring (bicyclic) bond motifs is 1. The highest BCUT2D eigenvalue weighted by atomic mass is 16.7. The van der Waals surface area contributed by atoms with Gasteiger partial charge in [-0.1, -0.05) is 13.0 Å². The van der Waals surface area contributed by atoms with E-state index in [0.29, 0.717) is 0 Å². The predicted octanol–water partition coefficient (Wildman–Crippen LogP) is 2.34. The third-order valence-electron chi connectivity index (χ3n) is 2.82. The normalized spacial score (nSPS) is 14.8. The summed E-state index contributed by atoms with van der Waals surface area (Å²) in [6.45, 7) is 4.27. The Labute approximate surface area is 107 Å². The molecule has 1 heterocycles. The molecule has 4 nitrogen and oxygen atoms in total. The zero-order valence-electron chi connectivity index (χ0n) is 10.6. The second-order valence-electron chi connectivity index (χ2n) is 4.26. The molecule has 4 heteroatoms. The first-order chi connectivity index (χ1) is 8.69. The van der Waals surface area contributed by atoms with Crippen LogP contribution < -0.4 is 14.8 Å². The molecule has 1 aliphatic rings. The van der Waals surface area contributed by atoms with Gasteiger partial charge in [-0.05, 0) is 37.1 Å². The highest BCUT2D eigenvalue weighted by Crippen LogP contribution is 2.32. The Hall–Kier alpha value is -1.97. The molecule has 1 aliphatic heterocycles. The summed E-state index contributed by atoms with van der Waals surface area (Å²) in [5.74, 6) is 1.39. The smallest absolute Gasteiger partial charge is 0.244 e. The minimum absolute atomic E-state index is 0.0815. The van der Waals surface area contributed by atoms with Gasteiger partial charge in [-0.3, -0.25) is 4.79 Å². The average Bonchev–Trinajstić information content (AvgIpc) is 2.83. The fourth-order valence-electron chi connectivity index (χ4n) is 1.58. The number of benzene rings is 1. The van der Waals surface area contributed by atoms with Crippen LogP contribution in [0.15, 0.2) is 24.3 Å². The molecule has 0 aliphatic carbocycles. The van der Waals surface area contributed by atoms with Crippen molar-refractivity contribution in [1.29, 1.82) is 0 Å². The Bertz CT molecular complexity index is 468. The van der Waals surface area contributed by atoms with Gasteiger partial charge in [0.15, 0.2) is 11.5 Å². The van der Waals surface area contributed by atoms with E-state index in [-0.39, 0.29) is 18.7 Å². The SMILES string of the molecule is CC[C@H](C)NC(=O)/C=C/c1ccc2c(c1)OCO2. The van der Waals surface area contributed by atoms with E-state index >= 15 is 0 Å². The number of carbonyl (C=O) groups excluding carboxylic acids is 1. The van der Waals surface area contributed by atoms with Crippen molar-refractivity contribution in [3.05, 3.63) is 29.8 Å². The minimum atomic E-state index is -0.0815. The maximum atomic E-state index is 11.6. The van der Waals surface area contributed by atoms with Crippen molar-refractivity contribution in [2.45, 2.75) is 26.3 Å². The summed E-state index contributed by atoms with van der Waals surface area (Å²) >= 11 is 0. The van der Waals surface area contributed by atoms with Crippen molar-refractivity contribution in [2.24, 2.45) is 0 Å². The third kappa shape index (κ3) is 3.03. The first-order valence-electron chi connectivity index (χ1n) is 6.07. The quantitative estimate of drug-likeness (QED) is 0.831. The van der Waals surface area contributed by atoms with Crippen molar-refractivity contribution in [1.82, 2.24) is 5.32 Å². The predicted molar refractivity (Wildman–Crippen MR) is 69.5 cm³/mol. The molecule has 96 valence electrons. The lowest BCUT2D eigenvalue weighted by atomic mass is 10.2. The van der Waals surface area contributed by atoms with Crippen LogP contribution in [0.3, 0.4) is 0 Å². The zero-order valence-corrected chi connectivity index (χ0v) is 10.6. The first-order valence-corrected chi connectivity index (χ1v) is 6.07. The largest absolute Gasteiger partial charge is 0.454 e. The molecule has 0 unspecified atom stereocenters. The molecule has 0 aromatic heterocycles. The molecule has 1 N–H and O–H groups in total. The summed E-state index contributed by atoms with van der Waals surface area (Å²) in [5, 5.41) is 2.87. The van der Waals surface area contributed by atoms with Crippen LogP contribution in [0, 0.1) is 0 Å². The van der Waals surface area contributed by atoms with Crippen LogP contribution in [0.4, 0.5) is 0 Å². The van der Waals surface area contributed by atoms with Crippen LogP contribution in [0.5, 0.6) is 11.5 Å². The van der Waals surface area contributed by atoms with Crippen LogP contribution in [-0.4, -0.2) is 18.7 Å². The lowest BCUT2D eigenvalue weighted by Gasteiger charge is -2.08. The maximum Gasteiger partial charge on any atom is 0.244 e. The van der Waals surface area contributed by atoms with Gasteiger partial charge >= 0.3 is 0 Å². The Morgan fingerprint density at radius 3 is 3.00 bits per heavy atom. The molecule has 1 aromatic rings. The van der Waals surface area contributed by atoms with Crippen molar-refractivity contribution >= 4 is 12.0 Å². The summed E-state index contributed by atoms with van der Waals surface area (Å²) in [4.78, 5) is 11.6. The molecule has 18 heavy (non-hydrogen) atoms. The fraction of sp³-hybridized carbons (Fsp3) is 0.357. The van der Waals surface area contributed by atoms with Crippen molar-refractivity contribution < 1.29 is 14.3 Å². The second kappa shape index (κ2) is 5.58. The standard InChI is InChI=1S/C14H17NO3/c1-3-10(2)15-14(16)7-5-11-4-6-12-13(8-11)18-9-17-12/h4-8,10H,3,9H2,1-2H3,(H,15,16)/b7-5+/t10-/m0/s1. The Morgan fingerprint density at radius 1 is 1.44 bits per heavy atom. The fourth-order valence-corrected chi connectivity index (χ4v) is 1.58. The number of rotatable bonds is 4. The number of hydrogen-bond acceptors (Lipinski definition) is 3. The number of ether oxygens (including phenoxy) is 2. The van der Waals surface area contributed by atoms with E-state index < -0.39 is 0 Å². The summed E-state index contributed by atoms with van der Waals surface area (Å²) in [7, 11) is 0. The van der Waals surface area contributed by atoms with Crippen LogP contribution in [-0.2, 0) is 4.79 Å². The molecule has 0 saturated carbocycles. The average molecular weight is 247 g/mol. The van der Waals surface area contributed by atoms with E-state index in [4.69, 9.17) is 9.47 Å². The zero-order chi connectivity index (χ0) is 13.0. The van der Waals surface area contributed by atoms with Gasteiger partial charge in [0, 0.05) is 12.1 Å². The summed E-state index contributed by atoms with van der Waals surface area (Å²) in [5.41, 5.74) is 0.915. The van der Waals surface area contributed by atoms with E-state index in [2.05, 4.69) is 5.32 Å². The highest BCUT2D eigenvalue weighted by Gasteiger charge is 2.12. The Morgan fingerprint density at radius 2 is 2.22 bits per heavy atom. The second-order valence-corrected chi connectivity index (χ2v) is 4.26. The molecule has 2 rings (SSSR count). The van der Waals surface area contributed by atoms with Gasteiger partial charge in [-0.2, -0.15) is 0 Å². The molecule has 0 radical (unpaired) electrons. The molecular weight excluding hydrogens is 230 g/mol. The van der Waals surface area contributed by atoms with E-state index in [1.807, 2.05) is 32.0 Å². The first kappa shape index (κ1) is 12.5. The monoisotopic (exact) mass is 247 g/mol. The molecule has 0 saturated heterocycles. The number of amides is 1. The molecular formula is C14H17NO3. The van der Waals surface area contributed by atoms with Gasteiger partial charge in [0.2, 0.25) is 12.7 Å². The van der Waals surface area contributed by atoms with Crippen molar-refractivity contribution in [3.63, 3.8) is 0 Å². The number of hydrogen-bond donors (Lipinski definition) is 1. The van der Waals surface area contributed by atoms with Gasteiger partial charge in [0.1, 0.15) is 0 Å². The molecule has 1 aromatic carbocycles. The molecule has 0 fully saturated rings. The summed E-state index contributed by atoms with van der Waals surface area (Å²) in [6.07, 6.45) is 4.22. The van der Waals surface area contributed by atoms with E-state index in [0.717, 1.165) is 23.5 Å². The highest BCUT2D eigenvalue weighted by molar-refractivity contribution is 5.91. The molecule has 1 amide bonds. The lowest BCUT2D eigenvalue weighted by molar-refractivity contribution is -0.117. The molecule has 0 bridgehead atoms. The van der Waals surface area contributed by atoms with Crippen LogP contribution in [0.25, 0.3) is 6.08 Å².